The molecule has 3 heterocycles. The van der Waals surface area contributed by atoms with Gasteiger partial charge in [0.25, 0.3) is 5.91 Å². The summed E-state index contributed by atoms with van der Waals surface area (Å²) >= 11 is 1.29. The Bertz CT molecular complexity index is 1180. The van der Waals surface area contributed by atoms with Crippen LogP contribution in [0.5, 0.6) is 0 Å². The summed E-state index contributed by atoms with van der Waals surface area (Å²) in [6.45, 7) is 3.59. The van der Waals surface area contributed by atoms with Crippen molar-refractivity contribution in [1.82, 2.24) is 14.9 Å². The summed E-state index contributed by atoms with van der Waals surface area (Å²) in [4.78, 5) is 35.7. The first-order valence-electron chi connectivity index (χ1n) is 11.7. The van der Waals surface area contributed by atoms with Crippen molar-refractivity contribution < 1.29 is 27.5 Å². The molecule has 2 aromatic heterocycles. The lowest BCUT2D eigenvalue weighted by molar-refractivity contribution is -0.137. The molecule has 0 radical (unpaired) electrons. The molecule has 8 nitrogen and oxygen atoms in total. The third-order valence-corrected chi connectivity index (χ3v) is 6.53. The van der Waals surface area contributed by atoms with Gasteiger partial charge in [-0.05, 0) is 43.1 Å². The van der Waals surface area contributed by atoms with Crippen LogP contribution in [0.15, 0.2) is 53.5 Å². The first kappa shape index (κ1) is 26.7. The smallest absolute Gasteiger partial charge is 0.379 e. The zero-order valence-corrected chi connectivity index (χ0v) is 20.6. The van der Waals surface area contributed by atoms with Crippen LogP contribution in [0.2, 0.25) is 0 Å². The van der Waals surface area contributed by atoms with Crippen molar-refractivity contribution in [2.75, 3.05) is 43.5 Å². The molecule has 37 heavy (non-hydrogen) atoms. The Balaban J connectivity index is 1.44. The fourth-order valence-corrected chi connectivity index (χ4v) is 4.53. The first-order valence-corrected chi connectivity index (χ1v) is 12.7. The number of rotatable bonds is 9. The Morgan fingerprint density at radius 3 is 2.59 bits per heavy atom. The molecule has 3 aromatic rings. The van der Waals surface area contributed by atoms with E-state index in [1.165, 1.54) is 29.7 Å². The van der Waals surface area contributed by atoms with Crippen molar-refractivity contribution >= 4 is 34.7 Å². The minimum atomic E-state index is -4.51. The lowest BCUT2D eigenvalue weighted by atomic mass is 9.91. The van der Waals surface area contributed by atoms with E-state index in [1.807, 2.05) is 0 Å². The van der Waals surface area contributed by atoms with E-state index < -0.39 is 29.5 Å². The van der Waals surface area contributed by atoms with Crippen LogP contribution in [0, 0.1) is 0 Å². The van der Waals surface area contributed by atoms with E-state index in [9.17, 15) is 22.8 Å². The SMILES string of the molecule is O=C(Nc1ccc(NC(=O)C(CCCN2CCOCC2)c2cccc(C(F)(F)F)c2)cn1)c1cscn1. The quantitative estimate of drug-likeness (QED) is 0.416. The second-order valence-corrected chi connectivity index (χ2v) is 9.24. The molecular formula is C25H26F3N5O3S. The molecule has 2 amide bonds. The molecule has 1 fully saturated rings. The number of carbonyl (C=O) groups is 2. The van der Waals surface area contributed by atoms with Crippen LogP contribution in [0.1, 0.15) is 40.4 Å². The van der Waals surface area contributed by atoms with E-state index in [0.29, 0.717) is 37.3 Å². The molecule has 2 N–H and O–H groups in total. The second-order valence-electron chi connectivity index (χ2n) is 8.52. The molecule has 1 aliphatic heterocycles. The lowest BCUT2D eigenvalue weighted by Gasteiger charge is -2.27. The predicted octanol–water partition coefficient (Wildman–Crippen LogP) is 4.64. The van der Waals surface area contributed by atoms with Crippen LogP contribution in [0.25, 0.3) is 0 Å². The number of morpholine rings is 1. The predicted molar refractivity (Wildman–Crippen MR) is 134 cm³/mol. The third-order valence-electron chi connectivity index (χ3n) is 5.94. The minimum absolute atomic E-state index is 0.269. The van der Waals surface area contributed by atoms with E-state index in [-0.39, 0.29) is 11.5 Å². The number of alkyl halides is 3. The molecule has 196 valence electrons. The van der Waals surface area contributed by atoms with Gasteiger partial charge in [0.05, 0.1) is 42.1 Å². The lowest BCUT2D eigenvalue weighted by Crippen LogP contribution is -2.37. The number of aromatic nitrogens is 2. The second kappa shape index (κ2) is 12.3. The number of anilines is 2. The maximum atomic E-state index is 13.3. The number of benzene rings is 1. The number of amides is 2. The highest BCUT2D eigenvalue weighted by Crippen LogP contribution is 2.32. The van der Waals surface area contributed by atoms with E-state index >= 15 is 0 Å². The highest BCUT2D eigenvalue weighted by molar-refractivity contribution is 7.07. The van der Waals surface area contributed by atoms with Crippen LogP contribution >= 0.6 is 11.3 Å². The maximum absolute atomic E-state index is 13.3. The van der Waals surface area contributed by atoms with Crippen molar-refractivity contribution in [3.63, 3.8) is 0 Å². The van der Waals surface area contributed by atoms with Crippen LogP contribution < -0.4 is 10.6 Å². The highest BCUT2D eigenvalue weighted by atomic mass is 32.1. The molecular weight excluding hydrogens is 507 g/mol. The molecule has 1 aliphatic rings. The summed E-state index contributed by atoms with van der Waals surface area (Å²) in [6.07, 6.45) is -2.12. The van der Waals surface area contributed by atoms with E-state index in [1.54, 1.807) is 23.0 Å². The molecule has 0 aliphatic carbocycles. The Morgan fingerprint density at radius 1 is 1.11 bits per heavy atom. The van der Waals surface area contributed by atoms with Gasteiger partial charge in [-0.2, -0.15) is 13.2 Å². The monoisotopic (exact) mass is 533 g/mol. The fourth-order valence-electron chi connectivity index (χ4n) is 4.00. The summed E-state index contributed by atoms with van der Waals surface area (Å²) < 4.78 is 45.3. The largest absolute Gasteiger partial charge is 0.416 e. The molecule has 1 unspecified atom stereocenters. The minimum Gasteiger partial charge on any atom is -0.379 e. The molecule has 1 atom stereocenters. The molecule has 0 bridgehead atoms. The molecule has 4 rings (SSSR count). The summed E-state index contributed by atoms with van der Waals surface area (Å²) in [7, 11) is 0. The van der Waals surface area contributed by atoms with Gasteiger partial charge < -0.3 is 15.4 Å². The number of pyridine rings is 1. The van der Waals surface area contributed by atoms with Crippen molar-refractivity contribution in [2.24, 2.45) is 0 Å². The van der Waals surface area contributed by atoms with Gasteiger partial charge in [0.1, 0.15) is 11.5 Å². The number of halogens is 3. The molecule has 0 saturated carbocycles. The van der Waals surface area contributed by atoms with Gasteiger partial charge in [0.2, 0.25) is 5.91 Å². The number of nitrogens with one attached hydrogen (secondary N) is 2. The van der Waals surface area contributed by atoms with Gasteiger partial charge in [-0.1, -0.05) is 18.2 Å². The molecule has 0 spiro atoms. The normalized spacial score (nSPS) is 15.2. The standard InChI is InChI=1S/C25H26F3N5O3S/c26-25(27,28)18-4-1-3-17(13-18)20(5-2-8-33-9-11-36-12-10-33)23(34)31-19-6-7-22(29-14-19)32-24(35)21-15-37-16-30-21/h1,3-4,6-7,13-16,20H,2,5,8-12H2,(H,31,34)(H,29,32,35). The van der Waals surface area contributed by atoms with Gasteiger partial charge in [0, 0.05) is 18.5 Å². The van der Waals surface area contributed by atoms with Crippen molar-refractivity contribution in [2.45, 2.75) is 24.9 Å². The van der Waals surface area contributed by atoms with Crippen LogP contribution in [-0.2, 0) is 15.7 Å². The Labute approximate surface area is 215 Å². The van der Waals surface area contributed by atoms with Crippen molar-refractivity contribution in [3.8, 4) is 0 Å². The number of ether oxygens (including phenoxy) is 1. The van der Waals surface area contributed by atoms with Gasteiger partial charge >= 0.3 is 6.18 Å². The van der Waals surface area contributed by atoms with Crippen LogP contribution in [0.3, 0.4) is 0 Å². The third kappa shape index (κ3) is 7.57. The number of nitrogens with zero attached hydrogens (tertiary/aromatic N) is 3. The fraction of sp³-hybridized carbons (Fsp3) is 0.360. The van der Waals surface area contributed by atoms with Crippen LogP contribution in [-0.4, -0.2) is 59.5 Å². The van der Waals surface area contributed by atoms with Gasteiger partial charge in [-0.15, -0.1) is 11.3 Å². The number of hydrogen-bond acceptors (Lipinski definition) is 7. The Morgan fingerprint density at radius 2 is 1.92 bits per heavy atom. The van der Waals surface area contributed by atoms with Gasteiger partial charge in [0.15, 0.2) is 0 Å². The summed E-state index contributed by atoms with van der Waals surface area (Å²) in [5, 5.41) is 6.98. The first-order chi connectivity index (χ1) is 17.8. The van der Waals surface area contributed by atoms with Crippen molar-refractivity contribution in [3.05, 3.63) is 70.3 Å². The Hall–Kier alpha value is -3.35. The topological polar surface area (TPSA) is 96.5 Å². The molecule has 12 heteroatoms. The highest BCUT2D eigenvalue weighted by Gasteiger charge is 2.32. The summed E-state index contributed by atoms with van der Waals surface area (Å²) in [5.41, 5.74) is 1.68. The van der Waals surface area contributed by atoms with E-state index in [0.717, 1.165) is 31.8 Å². The van der Waals surface area contributed by atoms with Crippen molar-refractivity contribution in [1.29, 1.82) is 0 Å². The van der Waals surface area contributed by atoms with E-state index in [2.05, 4.69) is 25.5 Å². The van der Waals surface area contributed by atoms with Crippen LogP contribution in [0.4, 0.5) is 24.7 Å². The number of thiazole rings is 1. The zero-order chi connectivity index (χ0) is 26.3. The summed E-state index contributed by atoms with van der Waals surface area (Å²) in [5.74, 6) is -1.35. The van der Waals surface area contributed by atoms with Gasteiger partial charge in [-0.25, -0.2) is 9.97 Å². The van der Waals surface area contributed by atoms with Gasteiger partial charge in [-0.3, -0.25) is 14.5 Å². The number of hydrogen-bond donors (Lipinski definition) is 2. The Kier molecular flexibility index (Phi) is 8.85. The summed E-state index contributed by atoms with van der Waals surface area (Å²) in [6, 6.07) is 7.99. The van der Waals surface area contributed by atoms with E-state index in [4.69, 9.17) is 4.74 Å². The average Bonchev–Trinajstić information content (AvgIpc) is 3.43. The average molecular weight is 534 g/mol. The molecule has 1 saturated heterocycles. The molecule has 1 aromatic carbocycles. The number of carbonyl (C=O) groups excluding carboxylic acids is 2. The zero-order valence-electron chi connectivity index (χ0n) is 19.8. The maximum Gasteiger partial charge on any atom is 0.416 e.